The first-order valence-electron chi connectivity index (χ1n) is 9.10. The Morgan fingerprint density at radius 1 is 1.04 bits per heavy atom. The lowest BCUT2D eigenvalue weighted by Crippen LogP contribution is -2.37. The Morgan fingerprint density at radius 3 is 2.30 bits per heavy atom. The van der Waals surface area contributed by atoms with Gasteiger partial charge in [-0.2, -0.15) is 0 Å². The molecule has 2 rings (SSSR count). The van der Waals surface area contributed by atoms with Gasteiger partial charge in [0.25, 0.3) is 5.91 Å². The summed E-state index contributed by atoms with van der Waals surface area (Å²) < 4.78 is 5.75. The molecule has 1 N–H and O–H groups in total. The number of carbonyl (C=O) groups excluding carboxylic acids is 2. The van der Waals surface area contributed by atoms with Crippen LogP contribution in [0.25, 0.3) is 0 Å². The molecule has 0 aliphatic carbocycles. The van der Waals surface area contributed by atoms with Crippen molar-refractivity contribution >= 4 is 17.5 Å². The number of nitrogens with one attached hydrogen (secondary N) is 1. The first-order valence-corrected chi connectivity index (χ1v) is 9.10. The van der Waals surface area contributed by atoms with Crippen LogP contribution in [0.5, 0.6) is 5.75 Å². The van der Waals surface area contributed by atoms with Gasteiger partial charge in [-0.1, -0.05) is 43.7 Å². The predicted molar refractivity (Wildman–Crippen MR) is 108 cm³/mol. The van der Waals surface area contributed by atoms with Crippen molar-refractivity contribution < 1.29 is 14.3 Å². The van der Waals surface area contributed by atoms with E-state index in [0.29, 0.717) is 11.6 Å². The average molecular weight is 368 g/mol. The second-order valence-electron chi connectivity index (χ2n) is 7.15. The van der Waals surface area contributed by atoms with E-state index in [1.807, 2.05) is 56.3 Å². The number of carbonyl (C=O) groups is 2. The fraction of sp³-hybridized carbons (Fsp3) is 0.364. The van der Waals surface area contributed by atoms with Gasteiger partial charge in [-0.25, -0.2) is 0 Å². The highest BCUT2D eigenvalue weighted by Crippen LogP contribution is 2.27. The summed E-state index contributed by atoms with van der Waals surface area (Å²) >= 11 is 0. The number of rotatable bonds is 7. The molecule has 2 amide bonds. The third-order valence-corrected chi connectivity index (χ3v) is 4.28. The molecule has 0 unspecified atom stereocenters. The molecule has 0 saturated carbocycles. The fourth-order valence-electron chi connectivity index (χ4n) is 2.63. The highest BCUT2D eigenvalue weighted by molar-refractivity contribution is 5.94. The van der Waals surface area contributed by atoms with Gasteiger partial charge in [0.05, 0.1) is 6.54 Å². The van der Waals surface area contributed by atoms with Gasteiger partial charge in [0, 0.05) is 12.7 Å². The third kappa shape index (κ3) is 6.13. The largest absolute Gasteiger partial charge is 0.483 e. The van der Waals surface area contributed by atoms with E-state index in [9.17, 15) is 9.59 Å². The Balaban J connectivity index is 1.89. The van der Waals surface area contributed by atoms with E-state index in [1.54, 1.807) is 7.05 Å². The summed E-state index contributed by atoms with van der Waals surface area (Å²) in [5.74, 6) is 0.531. The molecule has 5 nitrogen and oxygen atoms in total. The summed E-state index contributed by atoms with van der Waals surface area (Å²) in [6, 6.07) is 13.5. The zero-order valence-electron chi connectivity index (χ0n) is 16.7. The van der Waals surface area contributed by atoms with Crippen molar-refractivity contribution in [3.63, 3.8) is 0 Å². The van der Waals surface area contributed by atoms with Gasteiger partial charge in [-0.05, 0) is 49.1 Å². The quantitative estimate of drug-likeness (QED) is 0.806. The number of anilines is 1. The third-order valence-electron chi connectivity index (χ3n) is 4.28. The Morgan fingerprint density at radius 2 is 1.67 bits per heavy atom. The highest BCUT2D eigenvalue weighted by Gasteiger charge is 2.15. The molecule has 0 aliphatic rings. The van der Waals surface area contributed by atoms with Crippen LogP contribution in [0.1, 0.15) is 36.5 Å². The van der Waals surface area contributed by atoms with Crippen LogP contribution in [0.3, 0.4) is 0 Å². The van der Waals surface area contributed by atoms with Crippen molar-refractivity contribution in [2.75, 3.05) is 25.5 Å². The number of benzene rings is 2. The lowest BCUT2D eigenvalue weighted by molar-refractivity contribution is -0.135. The topological polar surface area (TPSA) is 58.6 Å². The van der Waals surface area contributed by atoms with E-state index in [4.69, 9.17) is 4.74 Å². The van der Waals surface area contributed by atoms with Crippen molar-refractivity contribution in [3.8, 4) is 5.75 Å². The number of nitrogens with zero attached hydrogens (tertiary/aromatic N) is 1. The summed E-state index contributed by atoms with van der Waals surface area (Å²) in [5.41, 5.74) is 3.97. The van der Waals surface area contributed by atoms with E-state index in [1.165, 1.54) is 4.90 Å². The lowest BCUT2D eigenvalue weighted by atomic mass is 10.0. The number of hydrogen-bond donors (Lipinski definition) is 1. The lowest BCUT2D eigenvalue weighted by Gasteiger charge is -2.19. The number of aryl methyl sites for hydroxylation is 2. The minimum Gasteiger partial charge on any atom is -0.483 e. The molecule has 0 fully saturated rings. The van der Waals surface area contributed by atoms with Gasteiger partial charge in [-0.3, -0.25) is 9.59 Å². The van der Waals surface area contributed by atoms with Crippen molar-refractivity contribution in [1.29, 1.82) is 0 Å². The fourth-order valence-corrected chi connectivity index (χ4v) is 2.63. The van der Waals surface area contributed by atoms with Crippen LogP contribution in [-0.4, -0.2) is 36.9 Å². The zero-order valence-corrected chi connectivity index (χ0v) is 16.7. The Bertz CT molecular complexity index is 798. The molecule has 2 aromatic rings. The van der Waals surface area contributed by atoms with Crippen LogP contribution in [0.15, 0.2) is 42.5 Å². The van der Waals surface area contributed by atoms with Crippen molar-refractivity contribution in [2.45, 2.75) is 33.6 Å². The van der Waals surface area contributed by atoms with Gasteiger partial charge in [0.1, 0.15) is 5.75 Å². The molecule has 27 heavy (non-hydrogen) atoms. The SMILES string of the molecule is Cc1ccc(NC(=O)CN(C)C(=O)COc2cc(C)ccc2C(C)C)cc1. The van der Waals surface area contributed by atoms with Gasteiger partial charge < -0.3 is 15.0 Å². The summed E-state index contributed by atoms with van der Waals surface area (Å²) in [5, 5.41) is 2.79. The summed E-state index contributed by atoms with van der Waals surface area (Å²) in [4.78, 5) is 25.8. The van der Waals surface area contributed by atoms with Crippen LogP contribution in [0.4, 0.5) is 5.69 Å². The normalized spacial score (nSPS) is 10.6. The Labute approximate surface area is 161 Å². The maximum atomic E-state index is 12.3. The molecule has 144 valence electrons. The molecule has 0 saturated heterocycles. The van der Waals surface area contributed by atoms with Gasteiger partial charge in [-0.15, -0.1) is 0 Å². The van der Waals surface area contributed by atoms with E-state index in [0.717, 1.165) is 22.4 Å². The van der Waals surface area contributed by atoms with E-state index in [2.05, 4.69) is 19.2 Å². The second kappa shape index (κ2) is 9.21. The van der Waals surface area contributed by atoms with Crippen molar-refractivity contribution in [1.82, 2.24) is 4.90 Å². The predicted octanol–water partition coefficient (Wildman–Crippen LogP) is 3.90. The van der Waals surface area contributed by atoms with E-state index < -0.39 is 0 Å². The minimum absolute atomic E-state index is 0.0269. The van der Waals surface area contributed by atoms with E-state index in [-0.39, 0.29) is 25.0 Å². The van der Waals surface area contributed by atoms with Gasteiger partial charge >= 0.3 is 0 Å². The van der Waals surface area contributed by atoms with Crippen LogP contribution in [0, 0.1) is 13.8 Å². The van der Waals surface area contributed by atoms with Crippen LogP contribution < -0.4 is 10.1 Å². The average Bonchev–Trinajstić information content (AvgIpc) is 2.61. The smallest absolute Gasteiger partial charge is 0.260 e. The summed E-state index contributed by atoms with van der Waals surface area (Å²) in [6.07, 6.45) is 0. The van der Waals surface area contributed by atoms with Crippen LogP contribution >= 0.6 is 0 Å². The molecule has 0 radical (unpaired) electrons. The zero-order chi connectivity index (χ0) is 20.0. The van der Waals surface area contributed by atoms with Crippen molar-refractivity contribution in [3.05, 3.63) is 59.2 Å². The Kier molecular flexibility index (Phi) is 6.99. The number of hydrogen-bond acceptors (Lipinski definition) is 3. The van der Waals surface area contributed by atoms with Gasteiger partial charge in [0.2, 0.25) is 5.91 Å². The second-order valence-corrected chi connectivity index (χ2v) is 7.15. The molecular formula is C22H28N2O3. The highest BCUT2D eigenvalue weighted by atomic mass is 16.5. The molecule has 0 heterocycles. The van der Waals surface area contributed by atoms with Crippen LogP contribution in [0.2, 0.25) is 0 Å². The first kappa shape index (κ1) is 20.5. The molecule has 0 aliphatic heterocycles. The maximum absolute atomic E-state index is 12.3. The van der Waals surface area contributed by atoms with E-state index >= 15 is 0 Å². The monoisotopic (exact) mass is 368 g/mol. The molecule has 2 aromatic carbocycles. The standard InChI is InChI=1S/C22H28N2O3/c1-15(2)19-11-8-17(4)12-20(19)27-14-22(26)24(5)13-21(25)23-18-9-6-16(3)7-10-18/h6-12,15H,13-14H2,1-5H3,(H,23,25). The molecule has 0 bridgehead atoms. The Hall–Kier alpha value is -2.82. The minimum atomic E-state index is -0.245. The first-order chi connectivity index (χ1) is 12.8. The molecule has 0 aromatic heterocycles. The molecule has 0 spiro atoms. The number of amides is 2. The number of ether oxygens (including phenoxy) is 1. The molecule has 5 heteroatoms. The van der Waals surface area contributed by atoms with Gasteiger partial charge in [0.15, 0.2) is 6.61 Å². The van der Waals surface area contributed by atoms with Crippen LogP contribution in [-0.2, 0) is 9.59 Å². The maximum Gasteiger partial charge on any atom is 0.260 e. The molecule has 0 atom stereocenters. The molecular weight excluding hydrogens is 340 g/mol. The summed E-state index contributed by atoms with van der Waals surface area (Å²) in [7, 11) is 1.60. The van der Waals surface area contributed by atoms with Crippen molar-refractivity contribution in [2.24, 2.45) is 0 Å². The number of likely N-dealkylation sites (N-methyl/N-ethyl adjacent to an activating group) is 1. The summed E-state index contributed by atoms with van der Waals surface area (Å²) in [6.45, 7) is 8.01.